The molecule has 0 bridgehead atoms. The summed E-state index contributed by atoms with van der Waals surface area (Å²) >= 11 is 0. The van der Waals surface area contributed by atoms with Gasteiger partial charge in [-0.1, -0.05) is 6.07 Å². The Bertz CT molecular complexity index is 670. The molecule has 0 saturated carbocycles. The van der Waals surface area contributed by atoms with Crippen LogP contribution in [0.1, 0.15) is 35.6 Å². The van der Waals surface area contributed by atoms with Gasteiger partial charge in [-0.25, -0.2) is 4.98 Å². The molecule has 0 spiro atoms. The highest BCUT2D eigenvalue weighted by atomic mass is 16.5. The average Bonchev–Trinajstić information content (AvgIpc) is 3.08. The van der Waals surface area contributed by atoms with E-state index in [1.165, 1.54) is 0 Å². The fourth-order valence-electron chi connectivity index (χ4n) is 2.39. The molecule has 0 radical (unpaired) electrons. The minimum Gasteiger partial charge on any atom is -0.423 e. The Morgan fingerprint density at radius 2 is 2.33 bits per heavy atom. The van der Waals surface area contributed by atoms with E-state index in [4.69, 9.17) is 4.65 Å². The summed E-state index contributed by atoms with van der Waals surface area (Å²) < 4.78 is 5.13. The van der Waals surface area contributed by atoms with E-state index in [0.29, 0.717) is 18.0 Å². The molecule has 1 aliphatic heterocycles. The maximum atomic E-state index is 12.4. The van der Waals surface area contributed by atoms with Crippen LogP contribution < -0.4 is 10.8 Å². The number of hydrogen-bond acceptors (Lipinski definition) is 4. The summed E-state index contributed by atoms with van der Waals surface area (Å²) in [6.45, 7) is 4.08. The Labute approximate surface area is 122 Å². The number of nitrogens with zero attached hydrogens (tertiary/aromatic N) is 1. The van der Waals surface area contributed by atoms with Gasteiger partial charge in [-0.2, -0.15) is 0 Å². The monoisotopic (exact) mass is 285 g/mol. The van der Waals surface area contributed by atoms with Gasteiger partial charge in [0.05, 0.1) is 12.1 Å². The molecular weight excluding hydrogens is 269 g/mol. The summed E-state index contributed by atoms with van der Waals surface area (Å²) in [6.07, 6.45) is 3.37. The third-order valence-electron chi connectivity index (χ3n) is 3.58. The lowest BCUT2D eigenvalue weighted by molar-refractivity contribution is 0.0908. The van der Waals surface area contributed by atoms with E-state index in [2.05, 4.69) is 15.3 Å². The summed E-state index contributed by atoms with van der Waals surface area (Å²) in [5.74, 6) is 0.497. The number of benzene rings is 1. The second-order valence-electron chi connectivity index (χ2n) is 5.59. The molecule has 1 aliphatic rings. The molecule has 108 valence electrons. The number of amides is 1. The van der Waals surface area contributed by atoms with Crippen LogP contribution >= 0.6 is 0 Å². The Morgan fingerprint density at radius 1 is 1.52 bits per heavy atom. The largest absolute Gasteiger partial charge is 0.491 e. The van der Waals surface area contributed by atoms with Crippen LogP contribution in [0, 0.1) is 0 Å². The molecule has 0 fully saturated rings. The molecule has 2 aromatic rings. The fourth-order valence-corrected chi connectivity index (χ4v) is 2.39. The number of aromatic nitrogens is 2. The summed E-state index contributed by atoms with van der Waals surface area (Å²) in [5.41, 5.74) is 1.49. The van der Waals surface area contributed by atoms with Gasteiger partial charge in [0, 0.05) is 18.0 Å². The van der Waals surface area contributed by atoms with Gasteiger partial charge in [-0.15, -0.1) is 0 Å². The van der Waals surface area contributed by atoms with Gasteiger partial charge in [0.25, 0.3) is 5.91 Å². The number of aromatic amines is 1. The summed E-state index contributed by atoms with van der Waals surface area (Å²) in [7, 11) is -0.892. The number of carbonyl (C=O) groups is 1. The van der Waals surface area contributed by atoms with Crippen molar-refractivity contribution < 1.29 is 14.5 Å². The first-order valence-corrected chi connectivity index (χ1v) is 6.72. The summed E-state index contributed by atoms with van der Waals surface area (Å²) in [6, 6.07) is 5.16. The summed E-state index contributed by atoms with van der Waals surface area (Å²) in [5, 5.41) is 12.5. The van der Waals surface area contributed by atoms with Crippen LogP contribution in [0.4, 0.5) is 0 Å². The van der Waals surface area contributed by atoms with Crippen LogP contribution in [0.2, 0.25) is 0 Å². The number of imidazole rings is 1. The second-order valence-corrected chi connectivity index (χ2v) is 5.59. The lowest BCUT2D eigenvalue weighted by atomic mass is 9.79. The molecule has 3 N–H and O–H groups in total. The van der Waals surface area contributed by atoms with Crippen molar-refractivity contribution in [3.63, 3.8) is 0 Å². The first-order valence-electron chi connectivity index (χ1n) is 6.72. The molecule has 1 aromatic carbocycles. The minimum absolute atomic E-state index is 0.194. The lowest BCUT2D eigenvalue weighted by Crippen LogP contribution is -2.42. The second kappa shape index (κ2) is 5.02. The molecule has 2 heterocycles. The predicted molar refractivity (Wildman–Crippen MR) is 77.9 cm³/mol. The van der Waals surface area contributed by atoms with Crippen LogP contribution in [-0.2, 0) is 16.8 Å². The van der Waals surface area contributed by atoms with Crippen molar-refractivity contribution in [2.24, 2.45) is 0 Å². The molecule has 0 unspecified atom stereocenters. The van der Waals surface area contributed by atoms with Gasteiger partial charge >= 0.3 is 7.12 Å². The van der Waals surface area contributed by atoms with Crippen molar-refractivity contribution in [3.05, 3.63) is 47.5 Å². The normalized spacial score (nSPS) is 14.1. The number of fused-ring (bicyclic) bond motifs is 1. The Morgan fingerprint density at radius 3 is 3.05 bits per heavy atom. The zero-order valence-electron chi connectivity index (χ0n) is 11.9. The molecule has 21 heavy (non-hydrogen) atoms. The molecule has 1 aromatic heterocycles. The quantitative estimate of drug-likeness (QED) is 0.707. The maximum Gasteiger partial charge on any atom is 0.491 e. The van der Waals surface area contributed by atoms with Crippen molar-refractivity contribution in [1.82, 2.24) is 15.3 Å². The maximum absolute atomic E-state index is 12.4. The van der Waals surface area contributed by atoms with E-state index in [-0.39, 0.29) is 5.91 Å². The number of rotatable bonds is 3. The number of hydrogen-bond donors (Lipinski definition) is 3. The molecule has 3 rings (SSSR count). The highest BCUT2D eigenvalue weighted by molar-refractivity contribution is 6.61. The van der Waals surface area contributed by atoms with Crippen molar-refractivity contribution in [3.8, 4) is 0 Å². The lowest BCUT2D eigenvalue weighted by Gasteiger charge is -2.24. The first kappa shape index (κ1) is 13.8. The SMILES string of the molecule is CC(C)(NC(=O)c1ccc2c(c1)COB2O)c1ncc[nH]1. The van der Waals surface area contributed by atoms with E-state index in [0.717, 1.165) is 11.0 Å². The van der Waals surface area contributed by atoms with Crippen LogP contribution in [0.15, 0.2) is 30.6 Å². The van der Waals surface area contributed by atoms with Crippen LogP contribution in [-0.4, -0.2) is 28.0 Å². The van der Waals surface area contributed by atoms with Gasteiger partial charge in [0.2, 0.25) is 0 Å². The van der Waals surface area contributed by atoms with E-state index >= 15 is 0 Å². The Kier molecular flexibility index (Phi) is 3.31. The average molecular weight is 285 g/mol. The first-order chi connectivity index (χ1) is 9.97. The van der Waals surface area contributed by atoms with E-state index in [1.54, 1.807) is 30.6 Å². The van der Waals surface area contributed by atoms with Crippen molar-refractivity contribution in [2.45, 2.75) is 26.0 Å². The van der Waals surface area contributed by atoms with Crippen LogP contribution in [0.3, 0.4) is 0 Å². The van der Waals surface area contributed by atoms with Crippen molar-refractivity contribution in [1.29, 1.82) is 0 Å². The van der Waals surface area contributed by atoms with E-state index < -0.39 is 12.7 Å². The standard InChI is InChI=1S/C14H16BN3O3/c1-14(2,13-16-5-6-17-13)18-12(19)9-3-4-11-10(7-9)8-21-15(11)20/h3-7,20H,8H2,1-2H3,(H,16,17)(H,18,19). The molecule has 0 atom stereocenters. The van der Waals surface area contributed by atoms with Gasteiger partial charge in [0.1, 0.15) is 5.82 Å². The molecule has 1 amide bonds. The van der Waals surface area contributed by atoms with Crippen LogP contribution in [0.5, 0.6) is 0 Å². The van der Waals surface area contributed by atoms with Gasteiger partial charge in [0.15, 0.2) is 0 Å². The molecule has 6 nitrogen and oxygen atoms in total. The van der Waals surface area contributed by atoms with E-state index in [1.807, 2.05) is 13.8 Å². The third kappa shape index (κ3) is 2.57. The molecular formula is C14H16BN3O3. The number of carbonyl (C=O) groups excluding carboxylic acids is 1. The molecule has 0 saturated heterocycles. The third-order valence-corrected chi connectivity index (χ3v) is 3.58. The van der Waals surface area contributed by atoms with Crippen molar-refractivity contribution in [2.75, 3.05) is 0 Å². The van der Waals surface area contributed by atoms with Gasteiger partial charge < -0.3 is 20.0 Å². The van der Waals surface area contributed by atoms with Crippen LogP contribution in [0.25, 0.3) is 0 Å². The fraction of sp³-hybridized carbons (Fsp3) is 0.286. The summed E-state index contributed by atoms with van der Waals surface area (Å²) in [4.78, 5) is 19.6. The Balaban J connectivity index is 1.80. The Hall–Kier alpha value is -2.12. The molecule has 7 heteroatoms. The minimum atomic E-state index is -0.892. The molecule has 0 aliphatic carbocycles. The number of nitrogens with one attached hydrogen (secondary N) is 2. The zero-order chi connectivity index (χ0) is 15.0. The topological polar surface area (TPSA) is 87.2 Å². The highest BCUT2D eigenvalue weighted by Gasteiger charge is 2.29. The number of H-pyrrole nitrogens is 1. The highest BCUT2D eigenvalue weighted by Crippen LogP contribution is 2.17. The van der Waals surface area contributed by atoms with Gasteiger partial charge in [-0.3, -0.25) is 4.79 Å². The zero-order valence-corrected chi connectivity index (χ0v) is 11.9. The van der Waals surface area contributed by atoms with Gasteiger partial charge in [-0.05, 0) is 37.0 Å². The van der Waals surface area contributed by atoms with Crippen molar-refractivity contribution >= 4 is 18.5 Å². The smallest absolute Gasteiger partial charge is 0.423 e. The predicted octanol–water partition coefficient (Wildman–Crippen LogP) is 0.292. The van der Waals surface area contributed by atoms with E-state index in [9.17, 15) is 9.82 Å².